The number of aliphatic carboxylic acids is 1. The molecule has 0 fully saturated rings. The molecule has 1 aromatic heterocycles. The summed E-state index contributed by atoms with van der Waals surface area (Å²) in [6.07, 6.45) is 0.972. The number of benzene rings is 1. The van der Waals surface area contributed by atoms with Gasteiger partial charge in [-0.05, 0) is 18.9 Å². The molecule has 2 N–H and O–H groups in total. The Hall–Kier alpha value is -2.63. The first-order valence-corrected chi connectivity index (χ1v) is 6.64. The summed E-state index contributed by atoms with van der Waals surface area (Å²) in [4.78, 5) is 22.7. The Bertz CT molecular complexity index is 635. The molecule has 2 aromatic rings. The third-order valence-electron chi connectivity index (χ3n) is 2.94. The fourth-order valence-electron chi connectivity index (χ4n) is 2.00. The standard InChI is InChI=1S/C15H17N3O3/c1-11-9-13(18(17-11)10-15(20)21)16-14(19)8-7-12-5-3-2-4-6-12/h2-6,9H,7-8,10H2,1H3,(H,16,19)(H,20,21). The smallest absolute Gasteiger partial charge is 0.325 e. The number of carbonyl (C=O) groups excluding carboxylic acids is 1. The first-order valence-electron chi connectivity index (χ1n) is 6.64. The summed E-state index contributed by atoms with van der Waals surface area (Å²) in [5.41, 5.74) is 1.75. The van der Waals surface area contributed by atoms with E-state index in [-0.39, 0.29) is 12.5 Å². The Morgan fingerprint density at radius 2 is 2.00 bits per heavy atom. The normalized spacial score (nSPS) is 10.3. The number of aromatic nitrogens is 2. The monoisotopic (exact) mass is 287 g/mol. The second-order valence-corrected chi connectivity index (χ2v) is 4.76. The topological polar surface area (TPSA) is 84.2 Å². The third-order valence-corrected chi connectivity index (χ3v) is 2.94. The molecular weight excluding hydrogens is 270 g/mol. The molecule has 0 saturated heterocycles. The second kappa shape index (κ2) is 6.69. The van der Waals surface area contributed by atoms with Gasteiger partial charge in [-0.1, -0.05) is 30.3 Å². The van der Waals surface area contributed by atoms with Crippen LogP contribution >= 0.6 is 0 Å². The van der Waals surface area contributed by atoms with Crippen molar-refractivity contribution in [2.75, 3.05) is 5.32 Å². The van der Waals surface area contributed by atoms with Crippen molar-refractivity contribution in [2.24, 2.45) is 0 Å². The summed E-state index contributed by atoms with van der Waals surface area (Å²) >= 11 is 0. The Balaban J connectivity index is 1.95. The van der Waals surface area contributed by atoms with E-state index in [2.05, 4.69) is 10.4 Å². The summed E-state index contributed by atoms with van der Waals surface area (Å²) in [6.45, 7) is 1.47. The molecule has 0 aliphatic heterocycles. The number of carbonyl (C=O) groups is 2. The summed E-state index contributed by atoms with van der Waals surface area (Å²) in [5.74, 6) is -0.753. The number of amides is 1. The molecule has 6 nitrogen and oxygen atoms in total. The van der Waals surface area contributed by atoms with Gasteiger partial charge in [0.2, 0.25) is 5.91 Å². The van der Waals surface area contributed by atoms with Crippen LogP contribution in [0.4, 0.5) is 5.82 Å². The minimum Gasteiger partial charge on any atom is -0.480 e. The maximum atomic E-state index is 11.9. The van der Waals surface area contributed by atoms with Crippen molar-refractivity contribution in [3.05, 3.63) is 47.7 Å². The van der Waals surface area contributed by atoms with E-state index in [9.17, 15) is 9.59 Å². The van der Waals surface area contributed by atoms with E-state index in [4.69, 9.17) is 5.11 Å². The van der Waals surface area contributed by atoms with Crippen LogP contribution in [0.25, 0.3) is 0 Å². The van der Waals surface area contributed by atoms with Crippen LogP contribution in [-0.2, 0) is 22.6 Å². The van der Waals surface area contributed by atoms with Gasteiger partial charge in [-0.2, -0.15) is 5.10 Å². The molecule has 0 saturated carbocycles. The van der Waals surface area contributed by atoms with Gasteiger partial charge in [0.25, 0.3) is 0 Å². The molecule has 1 aromatic carbocycles. The Labute approximate surface area is 122 Å². The number of carboxylic acid groups (broad SMARTS) is 1. The van der Waals surface area contributed by atoms with Crippen LogP contribution in [0.15, 0.2) is 36.4 Å². The van der Waals surface area contributed by atoms with Crippen molar-refractivity contribution in [3.8, 4) is 0 Å². The van der Waals surface area contributed by atoms with Crippen LogP contribution < -0.4 is 5.32 Å². The van der Waals surface area contributed by atoms with Gasteiger partial charge < -0.3 is 10.4 Å². The van der Waals surface area contributed by atoms with Crippen molar-refractivity contribution in [2.45, 2.75) is 26.3 Å². The molecule has 110 valence electrons. The third kappa shape index (κ3) is 4.45. The first-order chi connectivity index (χ1) is 10.0. The van der Waals surface area contributed by atoms with Crippen LogP contribution in [0, 0.1) is 6.92 Å². The van der Waals surface area contributed by atoms with Gasteiger partial charge in [0, 0.05) is 12.5 Å². The number of nitrogens with zero attached hydrogens (tertiary/aromatic N) is 2. The number of aryl methyl sites for hydroxylation is 2. The Morgan fingerprint density at radius 3 is 2.67 bits per heavy atom. The van der Waals surface area contributed by atoms with Gasteiger partial charge >= 0.3 is 5.97 Å². The van der Waals surface area contributed by atoms with Crippen LogP contribution in [-0.4, -0.2) is 26.8 Å². The molecule has 0 unspecified atom stereocenters. The van der Waals surface area contributed by atoms with E-state index in [0.29, 0.717) is 24.4 Å². The average molecular weight is 287 g/mol. The van der Waals surface area contributed by atoms with Gasteiger partial charge in [-0.3, -0.25) is 9.59 Å². The molecule has 0 atom stereocenters. The zero-order valence-corrected chi connectivity index (χ0v) is 11.7. The zero-order valence-electron chi connectivity index (χ0n) is 11.7. The molecule has 0 radical (unpaired) electrons. The van der Waals surface area contributed by atoms with Crippen LogP contribution in [0.5, 0.6) is 0 Å². The van der Waals surface area contributed by atoms with E-state index >= 15 is 0 Å². The molecule has 6 heteroatoms. The summed E-state index contributed by atoms with van der Waals surface area (Å²) in [6, 6.07) is 11.4. The van der Waals surface area contributed by atoms with Crippen LogP contribution in [0.1, 0.15) is 17.7 Å². The lowest BCUT2D eigenvalue weighted by atomic mass is 10.1. The minimum absolute atomic E-state index is 0.162. The number of hydrogen-bond donors (Lipinski definition) is 2. The van der Waals surface area contributed by atoms with Crippen molar-refractivity contribution >= 4 is 17.7 Å². The molecule has 0 aliphatic carbocycles. The minimum atomic E-state index is -1.00. The second-order valence-electron chi connectivity index (χ2n) is 4.76. The van der Waals surface area contributed by atoms with E-state index in [1.165, 1.54) is 4.68 Å². The van der Waals surface area contributed by atoms with Crippen molar-refractivity contribution in [1.82, 2.24) is 9.78 Å². The van der Waals surface area contributed by atoms with Crippen LogP contribution in [0.2, 0.25) is 0 Å². The fourth-order valence-corrected chi connectivity index (χ4v) is 2.00. The van der Waals surface area contributed by atoms with Gasteiger partial charge in [0.1, 0.15) is 12.4 Å². The quantitative estimate of drug-likeness (QED) is 0.849. The first kappa shape index (κ1) is 14.8. The molecule has 0 spiro atoms. The van der Waals surface area contributed by atoms with Gasteiger partial charge in [0.15, 0.2) is 0 Å². The number of carboxylic acids is 1. The summed E-state index contributed by atoms with van der Waals surface area (Å²) in [7, 11) is 0. The highest BCUT2D eigenvalue weighted by Crippen LogP contribution is 2.11. The molecule has 1 heterocycles. The number of anilines is 1. The largest absolute Gasteiger partial charge is 0.480 e. The predicted octanol–water partition coefficient (Wildman–Crippen LogP) is 1.85. The highest BCUT2D eigenvalue weighted by Gasteiger charge is 2.11. The van der Waals surface area contributed by atoms with E-state index in [1.807, 2.05) is 30.3 Å². The summed E-state index contributed by atoms with van der Waals surface area (Å²) < 4.78 is 1.28. The lowest BCUT2D eigenvalue weighted by Crippen LogP contribution is -2.18. The van der Waals surface area contributed by atoms with E-state index in [1.54, 1.807) is 13.0 Å². The number of hydrogen-bond acceptors (Lipinski definition) is 3. The number of nitrogens with one attached hydrogen (secondary N) is 1. The molecule has 0 aliphatic rings. The molecule has 21 heavy (non-hydrogen) atoms. The summed E-state index contributed by atoms with van der Waals surface area (Å²) in [5, 5.41) is 15.6. The maximum Gasteiger partial charge on any atom is 0.325 e. The average Bonchev–Trinajstić information content (AvgIpc) is 2.76. The van der Waals surface area contributed by atoms with Crippen molar-refractivity contribution in [1.29, 1.82) is 0 Å². The van der Waals surface area contributed by atoms with Crippen LogP contribution in [0.3, 0.4) is 0 Å². The lowest BCUT2D eigenvalue weighted by Gasteiger charge is -2.07. The molecular formula is C15H17N3O3. The lowest BCUT2D eigenvalue weighted by molar-refractivity contribution is -0.137. The molecule has 2 rings (SSSR count). The molecule has 1 amide bonds. The maximum absolute atomic E-state index is 11.9. The van der Waals surface area contributed by atoms with E-state index in [0.717, 1.165) is 5.56 Å². The van der Waals surface area contributed by atoms with E-state index < -0.39 is 5.97 Å². The van der Waals surface area contributed by atoms with Gasteiger partial charge in [-0.25, -0.2) is 4.68 Å². The van der Waals surface area contributed by atoms with Gasteiger partial charge in [-0.15, -0.1) is 0 Å². The predicted molar refractivity (Wildman–Crippen MR) is 78.0 cm³/mol. The Morgan fingerprint density at radius 1 is 1.29 bits per heavy atom. The fraction of sp³-hybridized carbons (Fsp3) is 0.267. The molecule has 0 bridgehead atoms. The zero-order chi connectivity index (χ0) is 15.2. The highest BCUT2D eigenvalue weighted by atomic mass is 16.4. The SMILES string of the molecule is Cc1cc(NC(=O)CCc2ccccc2)n(CC(=O)O)n1. The Kier molecular flexibility index (Phi) is 4.71. The van der Waals surface area contributed by atoms with Crippen molar-refractivity contribution in [3.63, 3.8) is 0 Å². The van der Waals surface area contributed by atoms with Gasteiger partial charge in [0.05, 0.1) is 5.69 Å². The number of rotatable bonds is 6. The highest BCUT2D eigenvalue weighted by molar-refractivity contribution is 5.90. The van der Waals surface area contributed by atoms with Crippen molar-refractivity contribution < 1.29 is 14.7 Å².